The van der Waals surface area contributed by atoms with E-state index >= 15 is 0 Å². The minimum Gasteiger partial charge on any atom is -0.490 e. The van der Waals surface area contributed by atoms with Crippen molar-refractivity contribution >= 4 is 21.6 Å². The highest BCUT2D eigenvalue weighted by molar-refractivity contribution is 7.89. The number of hydrogen-bond donors (Lipinski definition) is 0. The van der Waals surface area contributed by atoms with Gasteiger partial charge in [-0.3, -0.25) is 4.90 Å². The van der Waals surface area contributed by atoms with E-state index in [-0.39, 0.29) is 24.6 Å². The fourth-order valence-corrected chi connectivity index (χ4v) is 5.89. The van der Waals surface area contributed by atoms with E-state index in [1.165, 1.54) is 19.9 Å². The first-order valence-corrected chi connectivity index (χ1v) is 12.7. The summed E-state index contributed by atoms with van der Waals surface area (Å²) in [6, 6.07) is 6.30. The van der Waals surface area contributed by atoms with E-state index in [2.05, 4.69) is 4.90 Å². The van der Waals surface area contributed by atoms with E-state index in [0.717, 1.165) is 29.5 Å². The molecule has 0 unspecified atom stereocenters. The van der Waals surface area contributed by atoms with Gasteiger partial charge in [0.2, 0.25) is 10.0 Å². The second-order valence-corrected chi connectivity index (χ2v) is 11.2. The van der Waals surface area contributed by atoms with E-state index in [4.69, 9.17) is 16.3 Å². The summed E-state index contributed by atoms with van der Waals surface area (Å²) in [4.78, 5) is 1.49. The number of rotatable bonds is 8. The van der Waals surface area contributed by atoms with Gasteiger partial charge in [0.05, 0.1) is 6.10 Å². The molecule has 5 nitrogen and oxygen atoms in total. The normalized spacial score (nSPS) is 21.4. The zero-order chi connectivity index (χ0) is 23.8. The summed E-state index contributed by atoms with van der Waals surface area (Å²) in [6.07, 6.45) is 3.59. The van der Waals surface area contributed by atoms with Gasteiger partial charge in [0.1, 0.15) is 16.5 Å². The van der Waals surface area contributed by atoms with Crippen LogP contribution in [0.15, 0.2) is 35.2 Å². The number of benzene rings is 2. The standard InChI is InChI=1S/C23H26ClF3N2O3S/c1-28(33(30,31)23-12-21(26)20(25)11-22(23)27)13-15-8-18(9-15)32-17-5-4-16(19(24)10-17)14-29-6-2-3-7-29/h4-5,10-12,15,18H,2-3,6-9,13-14H2,1H3. The first-order valence-electron chi connectivity index (χ1n) is 10.9. The van der Waals surface area contributed by atoms with Crippen LogP contribution in [0.2, 0.25) is 5.02 Å². The van der Waals surface area contributed by atoms with Crippen molar-refractivity contribution in [3.05, 3.63) is 58.4 Å². The van der Waals surface area contributed by atoms with Crippen LogP contribution in [0.3, 0.4) is 0 Å². The van der Waals surface area contributed by atoms with E-state index in [1.807, 2.05) is 18.2 Å². The Kier molecular flexibility index (Phi) is 7.23. The molecule has 0 bridgehead atoms. The lowest BCUT2D eigenvalue weighted by Gasteiger charge is -2.37. The first-order chi connectivity index (χ1) is 15.6. The molecule has 1 saturated carbocycles. The second kappa shape index (κ2) is 9.82. The Labute approximate surface area is 197 Å². The van der Waals surface area contributed by atoms with Crippen LogP contribution in [0.4, 0.5) is 13.2 Å². The van der Waals surface area contributed by atoms with Gasteiger partial charge in [-0.15, -0.1) is 0 Å². The second-order valence-electron chi connectivity index (χ2n) is 8.80. The van der Waals surface area contributed by atoms with Crippen LogP contribution >= 0.6 is 11.6 Å². The molecule has 10 heteroatoms. The van der Waals surface area contributed by atoms with E-state index in [0.29, 0.717) is 29.7 Å². The van der Waals surface area contributed by atoms with Crippen molar-refractivity contribution in [1.29, 1.82) is 0 Å². The first kappa shape index (κ1) is 24.3. The molecule has 0 spiro atoms. The Bertz CT molecular complexity index is 1120. The molecule has 1 aliphatic heterocycles. The van der Waals surface area contributed by atoms with Crippen molar-refractivity contribution in [2.75, 3.05) is 26.7 Å². The number of hydrogen-bond acceptors (Lipinski definition) is 4. The Morgan fingerprint density at radius 1 is 1.06 bits per heavy atom. The van der Waals surface area contributed by atoms with Gasteiger partial charge in [0.15, 0.2) is 11.6 Å². The molecule has 180 valence electrons. The maximum atomic E-state index is 14.0. The summed E-state index contributed by atoms with van der Waals surface area (Å²) in [5.41, 5.74) is 1.06. The Morgan fingerprint density at radius 3 is 2.39 bits per heavy atom. The molecular weight excluding hydrogens is 477 g/mol. The monoisotopic (exact) mass is 502 g/mol. The van der Waals surface area contributed by atoms with Gasteiger partial charge < -0.3 is 4.74 Å². The highest BCUT2D eigenvalue weighted by Crippen LogP contribution is 2.34. The quantitative estimate of drug-likeness (QED) is 0.485. The van der Waals surface area contributed by atoms with E-state index < -0.39 is 32.4 Å². The van der Waals surface area contributed by atoms with Crippen molar-refractivity contribution < 1.29 is 26.3 Å². The summed E-state index contributed by atoms with van der Waals surface area (Å²) in [7, 11) is -2.99. The van der Waals surface area contributed by atoms with Crippen LogP contribution in [0, 0.1) is 23.4 Å². The molecule has 1 aliphatic carbocycles. The van der Waals surface area contributed by atoms with Crippen molar-refractivity contribution in [2.45, 2.75) is 43.2 Å². The van der Waals surface area contributed by atoms with Gasteiger partial charge in [-0.2, -0.15) is 0 Å². The van der Waals surface area contributed by atoms with Crippen molar-refractivity contribution in [1.82, 2.24) is 9.21 Å². The fourth-order valence-electron chi connectivity index (χ4n) is 4.36. The number of halogens is 4. The lowest BCUT2D eigenvalue weighted by molar-refractivity contribution is 0.0575. The van der Waals surface area contributed by atoms with Gasteiger partial charge >= 0.3 is 0 Å². The van der Waals surface area contributed by atoms with Crippen LogP contribution in [0.1, 0.15) is 31.2 Å². The number of likely N-dealkylation sites (tertiary alicyclic amines) is 1. The minimum absolute atomic E-state index is 0.00745. The Balaban J connectivity index is 1.30. The van der Waals surface area contributed by atoms with Gasteiger partial charge in [0.25, 0.3) is 0 Å². The molecule has 0 atom stereocenters. The van der Waals surface area contributed by atoms with Gasteiger partial charge in [0, 0.05) is 31.2 Å². The maximum absolute atomic E-state index is 14.0. The predicted molar refractivity (Wildman–Crippen MR) is 119 cm³/mol. The molecular formula is C23H26ClF3N2O3S. The van der Waals surface area contributed by atoms with Crippen LogP contribution < -0.4 is 4.74 Å². The molecule has 0 radical (unpaired) electrons. The minimum atomic E-state index is -4.29. The number of sulfonamides is 1. The molecule has 1 saturated heterocycles. The van der Waals surface area contributed by atoms with Crippen molar-refractivity contribution in [3.63, 3.8) is 0 Å². The third-order valence-electron chi connectivity index (χ3n) is 6.29. The molecule has 2 aliphatic rings. The van der Waals surface area contributed by atoms with Gasteiger partial charge in [-0.1, -0.05) is 17.7 Å². The molecule has 0 N–H and O–H groups in total. The third-order valence-corrected chi connectivity index (χ3v) is 8.48. The van der Waals surface area contributed by atoms with Crippen LogP contribution in [-0.4, -0.2) is 50.4 Å². The van der Waals surface area contributed by atoms with Crippen LogP contribution in [0.25, 0.3) is 0 Å². The van der Waals surface area contributed by atoms with Crippen molar-refractivity contribution in [2.24, 2.45) is 5.92 Å². The van der Waals surface area contributed by atoms with E-state index in [1.54, 1.807) is 0 Å². The average Bonchev–Trinajstić information content (AvgIpc) is 3.24. The van der Waals surface area contributed by atoms with Gasteiger partial charge in [-0.05, 0) is 68.5 Å². The van der Waals surface area contributed by atoms with Crippen LogP contribution in [-0.2, 0) is 16.6 Å². The highest BCUT2D eigenvalue weighted by Gasteiger charge is 2.35. The zero-order valence-electron chi connectivity index (χ0n) is 18.2. The summed E-state index contributed by atoms with van der Waals surface area (Å²) >= 11 is 6.43. The molecule has 4 rings (SSSR count). The number of nitrogens with zero attached hydrogens (tertiary/aromatic N) is 2. The maximum Gasteiger partial charge on any atom is 0.245 e. The molecule has 2 aromatic rings. The fraction of sp³-hybridized carbons (Fsp3) is 0.478. The SMILES string of the molecule is CN(CC1CC(Oc2ccc(CN3CCCC3)c(Cl)c2)C1)S(=O)(=O)c1cc(F)c(F)cc1F. The molecule has 33 heavy (non-hydrogen) atoms. The molecule has 2 aromatic carbocycles. The molecule has 1 heterocycles. The largest absolute Gasteiger partial charge is 0.490 e. The summed E-state index contributed by atoms with van der Waals surface area (Å²) in [5, 5.41) is 0.662. The lowest BCUT2D eigenvalue weighted by Crippen LogP contribution is -2.42. The predicted octanol–water partition coefficient (Wildman–Crippen LogP) is 4.83. The third kappa shape index (κ3) is 5.48. The Morgan fingerprint density at radius 2 is 1.73 bits per heavy atom. The van der Waals surface area contributed by atoms with Crippen LogP contribution in [0.5, 0.6) is 5.75 Å². The van der Waals surface area contributed by atoms with E-state index in [9.17, 15) is 21.6 Å². The summed E-state index contributed by atoms with van der Waals surface area (Å²) in [5.74, 6) is -3.49. The van der Waals surface area contributed by atoms with Gasteiger partial charge in [-0.25, -0.2) is 25.9 Å². The number of ether oxygens (including phenoxy) is 1. The highest BCUT2D eigenvalue weighted by atomic mass is 35.5. The molecule has 0 aromatic heterocycles. The molecule has 2 fully saturated rings. The average molecular weight is 503 g/mol. The Hall–Kier alpha value is -1.81. The zero-order valence-corrected chi connectivity index (χ0v) is 19.8. The summed E-state index contributed by atoms with van der Waals surface area (Å²) < 4.78 is 72.7. The summed E-state index contributed by atoms with van der Waals surface area (Å²) in [6.45, 7) is 3.12. The smallest absolute Gasteiger partial charge is 0.245 e. The molecule has 0 amide bonds. The van der Waals surface area contributed by atoms with Crippen molar-refractivity contribution in [3.8, 4) is 5.75 Å². The lowest BCUT2D eigenvalue weighted by atomic mass is 9.82. The topological polar surface area (TPSA) is 49.9 Å².